The van der Waals surface area contributed by atoms with Gasteiger partial charge < -0.3 is 4.43 Å². The van der Waals surface area contributed by atoms with Crippen molar-refractivity contribution in [2.24, 2.45) is 0 Å². The first-order valence-electron chi connectivity index (χ1n) is 8.39. The Morgan fingerprint density at radius 2 is 1.73 bits per heavy atom. The molecule has 0 amide bonds. The second-order valence-corrected chi connectivity index (χ2v) is 12.4. The molecule has 0 fully saturated rings. The predicted molar refractivity (Wildman–Crippen MR) is 94.8 cm³/mol. The van der Waals surface area contributed by atoms with Gasteiger partial charge in [-0.1, -0.05) is 41.5 Å². The van der Waals surface area contributed by atoms with Gasteiger partial charge in [-0.25, -0.2) is 0 Å². The monoisotopic (exact) mass is 321 g/mol. The third kappa shape index (κ3) is 4.50. The highest BCUT2D eigenvalue weighted by Gasteiger charge is 2.44. The van der Waals surface area contributed by atoms with Crippen LogP contribution in [0.15, 0.2) is 24.5 Å². The van der Waals surface area contributed by atoms with Gasteiger partial charge in [-0.2, -0.15) is 0 Å². The molecule has 0 atom stereocenters. The van der Waals surface area contributed by atoms with Crippen LogP contribution in [-0.2, 0) is 4.43 Å². The molecule has 124 valence electrons. The molecule has 0 unspecified atom stereocenters. The lowest BCUT2D eigenvalue weighted by Crippen LogP contribution is -2.48. The minimum atomic E-state index is -1.80. The molecular weight excluding hydrogens is 290 g/mol. The smallest absolute Gasteiger partial charge is 0.200 e. The van der Waals surface area contributed by atoms with Crippen LogP contribution in [0.5, 0.6) is 0 Å². The second kappa shape index (κ2) is 8.58. The molecule has 1 rings (SSSR count). The van der Waals surface area contributed by atoms with Crippen molar-refractivity contribution in [1.82, 2.24) is 4.98 Å². The van der Waals surface area contributed by atoms with Crippen molar-refractivity contribution in [3.8, 4) is 0 Å². The van der Waals surface area contributed by atoms with E-state index in [0.29, 0.717) is 35.2 Å². The van der Waals surface area contributed by atoms with Crippen LogP contribution in [0.1, 0.15) is 64.7 Å². The third-order valence-corrected chi connectivity index (χ3v) is 10.7. The minimum absolute atomic E-state index is 0.155. The van der Waals surface area contributed by atoms with E-state index in [1.54, 1.807) is 18.5 Å². The molecule has 0 radical (unpaired) electrons. The van der Waals surface area contributed by atoms with Crippen LogP contribution in [0.4, 0.5) is 0 Å². The summed E-state index contributed by atoms with van der Waals surface area (Å²) in [7, 11) is -1.80. The molecule has 22 heavy (non-hydrogen) atoms. The molecule has 0 aliphatic carbocycles. The van der Waals surface area contributed by atoms with E-state index in [1.807, 2.05) is 6.07 Å². The van der Waals surface area contributed by atoms with Crippen LogP contribution in [0.2, 0.25) is 16.6 Å². The molecule has 0 bridgehead atoms. The van der Waals surface area contributed by atoms with E-state index in [-0.39, 0.29) is 5.78 Å². The summed E-state index contributed by atoms with van der Waals surface area (Å²) in [4.78, 5) is 16.1. The molecule has 0 N–H and O–H groups in total. The van der Waals surface area contributed by atoms with E-state index in [2.05, 4.69) is 46.5 Å². The molecule has 0 saturated heterocycles. The molecule has 1 heterocycles. The standard InChI is InChI=1S/C18H31NO2Si/c1-14(2)22(15(3)4,16(5)6)21-12-8-10-18(20)17-9-7-11-19-13-17/h7,9,11,13-16H,8,10,12H2,1-6H3. The summed E-state index contributed by atoms with van der Waals surface area (Å²) < 4.78 is 6.47. The Morgan fingerprint density at radius 3 is 2.18 bits per heavy atom. The maximum Gasteiger partial charge on any atom is 0.200 e. The van der Waals surface area contributed by atoms with Crippen LogP contribution >= 0.6 is 0 Å². The molecule has 0 aromatic carbocycles. The van der Waals surface area contributed by atoms with Crippen molar-refractivity contribution < 1.29 is 9.22 Å². The van der Waals surface area contributed by atoms with Gasteiger partial charge in [0.1, 0.15) is 0 Å². The molecule has 0 aliphatic heterocycles. The maximum atomic E-state index is 12.1. The lowest BCUT2D eigenvalue weighted by atomic mass is 10.1. The summed E-state index contributed by atoms with van der Waals surface area (Å²) in [6.45, 7) is 14.4. The zero-order chi connectivity index (χ0) is 16.8. The highest BCUT2D eigenvalue weighted by molar-refractivity contribution is 6.77. The summed E-state index contributed by atoms with van der Waals surface area (Å²) in [6.07, 6.45) is 4.64. The largest absolute Gasteiger partial charge is 0.416 e. The number of carbonyl (C=O) groups excluding carboxylic acids is 1. The zero-order valence-electron chi connectivity index (χ0n) is 14.9. The van der Waals surface area contributed by atoms with Crippen molar-refractivity contribution in [2.45, 2.75) is 71.0 Å². The molecule has 0 spiro atoms. The fourth-order valence-corrected chi connectivity index (χ4v) is 9.15. The van der Waals surface area contributed by atoms with Gasteiger partial charge in [-0.3, -0.25) is 9.78 Å². The van der Waals surface area contributed by atoms with Crippen LogP contribution in [0, 0.1) is 0 Å². The van der Waals surface area contributed by atoms with Gasteiger partial charge in [0.2, 0.25) is 0 Å². The van der Waals surface area contributed by atoms with E-state index in [9.17, 15) is 4.79 Å². The number of hydrogen-bond donors (Lipinski definition) is 0. The number of rotatable bonds is 9. The minimum Gasteiger partial charge on any atom is -0.416 e. The Morgan fingerprint density at radius 1 is 1.14 bits per heavy atom. The summed E-state index contributed by atoms with van der Waals surface area (Å²) in [6, 6.07) is 3.63. The number of Topliss-reactive ketones (excluding diaryl/α,β-unsaturated/α-hetero) is 1. The first-order valence-corrected chi connectivity index (χ1v) is 10.5. The van der Waals surface area contributed by atoms with Gasteiger partial charge in [0.05, 0.1) is 0 Å². The topological polar surface area (TPSA) is 39.2 Å². The van der Waals surface area contributed by atoms with Crippen LogP contribution in [-0.4, -0.2) is 25.7 Å². The van der Waals surface area contributed by atoms with Crippen LogP contribution in [0.25, 0.3) is 0 Å². The Bertz CT molecular complexity index is 436. The van der Waals surface area contributed by atoms with Gasteiger partial charge in [0.25, 0.3) is 0 Å². The Kier molecular flexibility index (Phi) is 7.43. The summed E-state index contributed by atoms with van der Waals surface area (Å²) in [5, 5.41) is 0. The SMILES string of the molecule is CC(C)[Si](OCCCC(=O)c1cccnc1)(C(C)C)C(C)C. The van der Waals surface area contributed by atoms with Crippen molar-refractivity contribution in [2.75, 3.05) is 6.61 Å². The second-order valence-electron chi connectivity index (χ2n) is 6.93. The Labute approximate surface area is 136 Å². The lowest BCUT2D eigenvalue weighted by molar-refractivity contribution is 0.0971. The summed E-state index contributed by atoms with van der Waals surface area (Å²) >= 11 is 0. The molecule has 4 heteroatoms. The van der Waals surface area contributed by atoms with E-state index < -0.39 is 8.32 Å². The normalized spacial score (nSPS) is 12.4. The van der Waals surface area contributed by atoms with Crippen molar-refractivity contribution in [3.63, 3.8) is 0 Å². The number of nitrogens with zero attached hydrogens (tertiary/aromatic N) is 1. The first-order chi connectivity index (χ1) is 10.3. The Hall–Kier alpha value is -1.00. The van der Waals surface area contributed by atoms with Gasteiger partial charge >= 0.3 is 0 Å². The number of carbonyl (C=O) groups is 1. The fourth-order valence-electron chi connectivity index (χ4n) is 3.65. The summed E-state index contributed by atoms with van der Waals surface area (Å²) in [5.41, 5.74) is 2.45. The van der Waals surface area contributed by atoms with Gasteiger partial charge in [-0.05, 0) is 35.2 Å². The number of pyridine rings is 1. The van der Waals surface area contributed by atoms with Crippen LogP contribution < -0.4 is 0 Å². The quantitative estimate of drug-likeness (QED) is 0.355. The van der Waals surface area contributed by atoms with Crippen molar-refractivity contribution in [3.05, 3.63) is 30.1 Å². The van der Waals surface area contributed by atoms with E-state index in [0.717, 1.165) is 6.42 Å². The van der Waals surface area contributed by atoms with E-state index in [4.69, 9.17) is 4.43 Å². The lowest BCUT2D eigenvalue weighted by Gasteiger charge is -2.42. The van der Waals surface area contributed by atoms with Gasteiger partial charge in [0.15, 0.2) is 14.1 Å². The number of ketones is 1. The molecule has 0 aliphatic rings. The fraction of sp³-hybridized carbons (Fsp3) is 0.667. The number of aromatic nitrogens is 1. The first kappa shape index (κ1) is 19.0. The highest BCUT2D eigenvalue weighted by Crippen LogP contribution is 2.42. The molecule has 3 nitrogen and oxygen atoms in total. The third-order valence-electron chi connectivity index (χ3n) is 4.59. The molecule has 1 aromatic heterocycles. The Balaban J connectivity index is 2.55. The molecule has 0 saturated carbocycles. The zero-order valence-corrected chi connectivity index (χ0v) is 15.9. The highest BCUT2D eigenvalue weighted by atomic mass is 28.4. The van der Waals surface area contributed by atoms with Gasteiger partial charge in [-0.15, -0.1) is 0 Å². The van der Waals surface area contributed by atoms with Crippen molar-refractivity contribution >= 4 is 14.1 Å². The molecular formula is C18H31NO2Si. The van der Waals surface area contributed by atoms with E-state index in [1.165, 1.54) is 0 Å². The average molecular weight is 322 g/mol. The van der Waals surface area contributed by atoms with E-state index >= 15 is 0 Å². The van der Waals surface area contributed by atoms with Crippen LogP contribution in [0.3, 0.4) is 0 Å². The predicted octanol–water partition coefficient (Wildman–Crippen LogP) is 5.24. The molecule has 1 aromatic rings. The maximum absolute atomic E-state index is 12.1. The van der Waals surface area contributed by atoms with Gasteiger partial charge in [0, 0.05) is 31.0 Å². The summed E-state index contributed by atoms with van der Waals surface area (Å²) in [5.74, 6) is 0.155. The average Bonchev–Trinajstić information content (AvgIpc) is 2.46. The van der Waals surface area contributed by atoms with Crippen molar-refractivity contribution in [1.29, 1.82) is 0 Å². The number of hydrogen-bond acceptors (Lipinski definition) is 3.